The van der Waals surface area contributed by atoms with Crippen LogP contribution in [-0.4, -0.2) is 4.98 Å². The normalized spacial score (nSPS) is 12.0. The van der Waals surface area contributed by atoms with Gasteiger partial charge in [-0.2, -0.15) is 0 Å². The van der Waals surface area contributed by atoms with E-state index in [1.54, 1.807) is 0 Å². The molecule has 0 aliphatic heterocycles. The van der Waals surface area contributed by atoms with E-state index in [4.69, 9.17) is 0 Å². The molecular weight excluding hydrogens is 530 g/mol. The Hall–Kier alpha value is -5.66. The van der Waals surface area contributed by atoms with Gasteiger partial charge in [0.25, 0.3) is 0 Å². The Kier molecular flexibility index (Phi) is 5.64. The fraction of sp³-hybridized carbons (Fsp3) is 0.0233. The molecule has 1 aliphatic rings. The van der Waals surface area contributed by atoms with Crippen molar-refractivity contribution in [3.63, 3.8) is 0 Å². The second-order valence-electron chi connectivity index (χ2n) is 11.8. The molecule has 0 saturated carbocycles. The maximum absolute atomic E-state index is 3.82. The van der Waals surface area contributed by atoms with Crippen molar-refractivity contribution in [1.82, 2.24) is 4.98 Å². The average molecular weight is 560 g/mol. The van der Waals surface area contributed by atoms with E-state index in [2.05, 4.69) is 163 Å². The predicted octanol–water partition coefficient (Wildman–Crippen LogP) is 11.6. The van der Waals surface area contributed by atoms with Crippen molar-refractivity contribution in [3.8, 4) is 55.6 Å². The van der Waals surface area contributed by atoms with Crippen LogP contribution in [-0.2, 0) is 6.42 Å². The third-order valence-electron chi connectivity index (χ3n) is 9.30. The number of H-pyrrole nitrogens is 1. The lowest BCUT2D eigenvalue weighted by Gasteiger charge is -2.12. The van der Waals surface area contributed by atoms with Crippen LogP contribution in [0.5, 0.6) is 0 Å². The van der Waals surface area contributed by atoms with Gasteiger partial charge in [-0.15, -0.1) is 0 Å². The number of nitrogens with one attached hydrogen (secondary N) is 1. The van der Waals surface area contributed by atoms with E-state index in [0.29, 0.717) is 0 Å². The van der Waals surface area contributed by atoms with Crippen LogP contribution in [0.25, 0.3) is 77.4 Å². The van der Waals surface area contributed by atoms with Crippen LogP contribution in [0.2, 0.25) is 0 Å². The predicted molar refractivity (Wildman–Crippen MR) is 186 cm³/mol. The molecule has 1 nitrogen and oxygen atoms in total. The molecule has 1 heterocycles. The summed E-state index contributed by atoms with van der Waals surface area (Å²) >= 11 is 0. The number of benzene rings is 7. The second-order valence-corrected chi connectivity index (χ2v) is 11.8. The zero-order valence-electron chi connectivity index (χ0n) is 24.2. The van der Waals surface area contributed by atoms with Crippen molar-refractivity contribution in [2.75, 3.05) is 0 Å². The molecule has 0 radical (unpaired) electrons. The Morgan fingerprint density at radius 1 is 0.364 bits per heavy atom. The highest BCUT2D eigenvalue weighted by Crippen LogP contribution is 2.45. The quantitative estimate of drug-likeness (QED) is 0.221. The van der Waals surface area contributed by atoms with Crippen LogP contribution < -0.4 is 0 Å². The molecule has 0 bridgehead atoms. The van der Waals surface area contributed by atoms with Crippen molar-refractivity contribution in [3.05, 3.63) is 169 Å². The van der Waals surface area contributed by atoms with Crippen LogP contribution in [0.1, 0.15) is 11.1 Å². The van der Waals surface area contributed by atoms with E-state index in [-0.39, 0.29) is 0 Å². The molecule has 0 spiro atoms. The van der Waals surface area contributed by atoms with Gasteiger partial charge in [-0.05, 0) is 85.0 Å². The lowest BCUT2D eigenvalue weighted by molar-refractivity contribution is 1.27. The second kappa shape index (κ2) is 9.97. The highest BCUT2D eigenvalue weighted by Gasteiger charge is 2.23. The minimum Gasteiger partial charge on any atom is -0.354 e. The van der Waals surface area contributed by atoms with Crippen molar-refractivity contribution in [2.45, 2.75) is 6.42 Å². The molecule has 8 aromatic rings. The summed E-state index contributed by atoms with van der Waals surface area (Å²) in [6, 6.07) is 57.4. The average Bonchev–Trinajstić information content (AvgIpc) is 3.67. The van der Waals surface area contributed by atoms with Crippen molar-refractivity contribution >= 4 is 21.8 Å². The standard InChI is InChI=1S/C43H29N/c1-3-11-28(12-4-1)33-15-7-9-17-35(33)30-19-20-32-27-41-37(39(32)25-30)22-23-38-40-26-31(21-24-42(40)44-43(38)41)36-18-10-8-16-34(36)29-13-5-2-6-14-29/h1-26,44H,27H2. The molecule has 0 atom stereocenters. The minimum atomic E-state index is 0.944. The lowest BCUT2D eigenvalue weighted by atomic mass is 9.92. The SMILES string of the molecule is c1ccc(-c2ccccc2-c2ccc3c(c2)-c2ccc4c([nH]c5ccc(-c6ccccc6-c6ccccc6)cc54)c2C3)cc1. The Bertz CT molecular complexity index is 2340. The Morgan fingerprint density at radius 2 is 0.909 bits per heavy atom. The zero-order chi connectivity index (χ0) is 29.0. The van der Waals surface area contributed by atoms with E-state index in [1.165, 1.54) is 88.6 Å². The van der Waals surface area contributed by atoms with E-state index >= 15 is 0 Å². The number of aromatic nitrogens is 1. The van der Waals surface area contributed by atoms with Gasteiger partial charge in [0.1, 0.15) is 0 Å². The number of fused-ring (bicyclic) bond motifs is 7. The summed E-state index contributed by atoms with van der Waals surface area (Å²) in [7, 11) is 0. The third-order valence-corrected chi connectivity index (χ3v) is 9.30. The van der Waals surface area contributed by atoms with E-state index in [9.17, 15) is 0 Å². The number of rotatable bonds is 4. The fourth-order valence-electron chi connectivity index (χ4n) is 7.18. The van der Waals surface area contributed by atoms with Gasteiger partial charge in [0.15, 0.2) is 0 Å². The molecule has 9 rings (SSSR count). The molecule has 1 aliphatic carbocycles. The van der Waals surface area contributed by atoms with Crippen molar-refractivity contribution < 1.29 is 0 Å². The fourth-order valence-corrected chi connectivity index (χ4v) is 7.18. The van der Waals surface area contributed by atoms with Gasteiger partial charge < -0.3 is 4.98 Å². The summed E-state index contributed by atoms with van der Waals surface area (Å²) in [6.45, 7) is 0. The number of hydrogen-bond acceptors (Lipinski definition) is 0. The lowest BCUT2D eigenvalue weighted by Crippen LogP contribution is -1.87. The van der Waals surface area contributed by atoms with E-state index < -0.39 is 0 Å². The summed E-state index contributed by atoms with van der Waals surface area (Å²) < 4.78 is 0. The van der Waals surface area contributed by atoms with Gasteiger partial charge in [-0.1, -0.05) is 140 Å². The molecule has 0 unspecified atom stereocenters. The molecule has 7 aromatic carbocycles. The molecule has 0 saturated heterocycles. The van der Waals surface area contributed by atoms with Gasteiger partial charge in [0.05, 0.1) is 5.52 Å². The molecule has 1 aromatic heterocycles. The zero-order valence-corrected chi connectivity index (χ0v) is 24.2. The monoisotopic (exact) mass is 559 g/mol. The molecular formula is C43H29N. The van der Waals surface area contributed by atoms with Crippen LogP contribution in [0.15, 0.2) is 158 Å². The van der Waals surface area contributed by atoms with Gasteiger partial charge in [-0.3, -0.25) is 0 Å². The number of aromatic amines is 1. The van der Waals surface area contributed by atoms with E-state index in [0.717, 1.165) is 6.42 Å². The highest BCUT2D eigenvalue weighted by molar-refractivity contribution is 6.12. The Labute approximate surface area is 257 Å². The summed E-state index contributed by atoms with van der Waals surface area (Å²) in [5.74, 6) is 0. The smallest absolute Gasteiger partial charge is 0.0507 e. The van der Waals surface area contributed by atoms with Crippen molar-refractivity contribution in [1.29, 1.82) is 0 Å². The third kappa shape index (κ3) is 3.94. The number of hydrogen-bond donors (Lipinski definition) is 1. The van der Waals surface area contributed by atoms with E-state index in [1.807, 2.05) is 0 Å². The Morgan fingerprint density at radius 3 is 1.55 bits per heavy atom. The van der Waals surface area contributed by atoms with Crippen LogP contribution in [0.4, 0.5) is 0 Å². The van der Waals surface area contributed by atoms with Crippen molar-refractivity contribution in [2.24, 2.45) is 0 Å². The largest absolute Gasteiger partial charge is 0.354 e. The minimum absolute atomic E-state index is 0.944. The molecule has 0 amide bonds. The first-order chi connectivity index (χ1) is 21.8. The summed E-state index contributed by atoms with van der Waals surface area (Å²) in [5.41, 5.74) is 17.9. The summed E-state index contributed by atoms with van der Waals surface area (Å²) in [5, 5.41) is 2.57. The van der Waals surface area contributed by atoms with Gasteiger partial charge in [0.2, 0.25) is 0 Å². The molecule has 206 valence electrons. The van der Waals surface area contributed by atoms with Crippen LogP contribution in [0.3, 0.4) is 0 Å². The maximum atomic E-state index is 3.82. The first-order valence-electron chi connectivity index (χ1n) is 15.3. The van der Waals surface area contributed by atoms with Crippen LogP contribution >= 0.6 is 0 Å². The molecule has 1 N–H and O–H groups in total. The molecule has 1 heteroatoms. The van der Waals surface area contributed by atoms with Gasteiger partial charge >= 0.3 is 0 Å². The highest BCUT2D eigenvalue weighted by atomic mass is 14.7. The van der Waals surface area contributed by atoms with Crippen LogP contribution in [0, 0.1) is 0 Å². The van der Waals surface area contributed by atoms with Gasteiger partial charge in [-0.25, -0.2) is 0 Å². The molecule has 0 fully saturated rings. The first-order valence-corrected chi connectivity index (χ1v) is 15.3. The summed E-state index contributed by atoms with van der Waals surface area (Å²) in [6.07, 6.45) is 0.944. The molecule has 44 heavy (non-hydrogen) atoms. The maximum Gasteiger partial charge on any atom is 0.0507 e. The van der Waals surface area contributed by atoms with Gasteiger partial charge in [0, 0.05) is 22.7 Å². The summed E-state index contributed by atoms with van der Waals surface area (Å²) in [4.78, 5) is 3.82. The Balaban J connectivity index is 1.15. The topological polar surface area (TPSA) is 15.8 Å². The first kappa shape index (κ1) is 24.9.